The molecule has 0 saturated carbocycles. The van der Waals surface area contributed by atoms with E-state index in [1.807, 2.05) is 0 Å². The molecule has 1 N–H and O–H groups in total. The molecule has 0 unspecified atom stereocenters. The predicted molar refractivity (Wildman–Crippen MR) is 138 cm³/mol. The fourth-order valence-corrected chi connectivity index (χ4v) is 6.03. The second-order valence-corrected chi connectivity index (χ2v) is 10.8. The Hall–Kier alpha value is -4.01. The van der Waals surface area contributed by atoms with Crippen molar-refractivity contribution in [2.24, 2.45) is 0 Å². The first-order valence-electron chi connectivity index (χ1n) is 11.3. The van der Waals surface area contributed by atoms with E-state index in [0.717, 1.165) is 5.56 Å². The molecule has 9 heteroatoms. The summed E-state index contributed by atoms with van der Waals surface area (Å²) < 4.78 is 40.7. The van der Waals surface area contributed by atoms with Gasteiger partial charge in [0.05, 0.1) is 27.6 Å². The molecule has 0 saturated heterocycles. The number of amides is 2. The van der Waals surface area contributed by atoms with Gasteiger partial charge in [0.2, 0.25) is 9.84 Å². The Morgan fingerprint density at radius 3 is 2.35 bits per heavy atom. The monoisotopic (exact) mass is 534 g/mol. The molecule has 0 spiro atoms. The smallest absolute Gasteiger partial charge is 0.259 e. The van der Waals surface area contributed by atoms with E-state index in [2.05, 4.69) is 5.32 Å². The number of sulfone groups is 1. The summed E-state index contributed by atoms with van der Waals surface area (Å²) in [7, 11) is -4.08. The summed E-state index contributed by atoms with van der Waals surface area (Å²) in [4.78, 5) is 27.8. The van der Waals surface area contributed by atoms with E-state index < -0.39 is 27.5 Å². The van der Waals surface area contributed by atoms with Crippen molar-refractivity contribution in [3.8, 4) is 0 Å². The summed E-state index contributed by atoms with van der Waals surface area (Å²) >= 11 is 6.18. The molecule has 5 rings (SSSR count). The van der Waals surface area contributed by atoms with Crippen LogP contribution in [-0.4, -0.2) is 20.2 Å². The lowest BCUT2D eigenvalue weighted by molar-refractivity contribution is 0.0947. The SMILES string of the molecule is O=C(NCc1ccccc1Cl)c1ccc2c(c1)N(Cc1ccc(F)cc1)C(=O)c1ccccc1S2(=O)=O. The number of nitrogens with zero attached hydrogens (tertiary/aromatic N) is 1. The number of fused-ring (bicyclic) bond motifs is 2. The quantitative estimate of drug-likeness (QED) is 0.371. The van der Waals surface area contributed by atoms with E-state index >= 15 is 0 Å². The van der Waals surface area contributed by atoms with E-state index in [1.54, 1.807) is 36.4 Å². The van der Waals surface area contributed by atoms with Gasteiger partial charge in [-0.1, -0.05) is 54.1 Å². The van der Waals surface area contributed by atoms with Crippen molar-refractivity contribution in [3.63, 3.8) is 0 Å². The van der Waals surface area contributed by atoms with Gasteiger partial charge >= 0.3 is 0 Å². The van der Waals surface area contributed by atoms with Gasteiger partial charge in [-0.15, -0.1) is 0 Å². The fourth-order valence-electron chi connectivity index (χ4n) is 4.20. The summed E-state index contributed by atoms with van der Waals surface area (Å²) in [5.74, 6) is -1.44. The number of benzene rings is 4. The highest BCUT2D eigenvalue weighted by molar-refractivity contribution is 7.91. The maximum atomic E-state index is 13.7. The van der Waals surface area contributed by atoms with Crippen molar-refractivity contribution in [3.05, 3.63) is 124 Å². The van der Waals surface area contributed by atoms with Crippen LogP contribution in [0.5, 0.6) is 0 Å². The minimum Gasteiger partial charge on any atom is -0.348 e. The van der Waals surface area contributed by atoms with Crippen LogP contribution >= 0.6 is 11.6 Å². The van der Waals surface area contributed by atoms with Gasteiger partial charge in [-0.25, -0.2) is 12.8 Å². The maximum absolute atomic E-state index is 13.7. The third kappa shape index (κ3) is 4.73. The van der Waals surface area contributed by atoms with E-state index in [0.29, 0.717) is 10.6 Å². The van der Waals surface area contributed by atoms with Crippen LogP contribution in [0.3, 0.4) is 0 Å². The van der Waals surface area contributed by atoms with Crippen molar-refractivity contribution >= 4 is 38.9 Å². The van der Waals surface area contributed by atoms with Crippen LogP contribution in [-0.2, 0) is 22.9 Å². The van der Waals surface area contributed by atoms with E-state index in [9.17, 15) is 22.4 Å². The van der Waals surface area contributed by atoms with Crippen molar-refractivity contribution in [1.29, 1.82) is 0 Å². The summed E-state index contributed by atoms with van der Waals surface area (Å²) in [6.07, 6.45) is 0. The topological polar surface area (TPSA) is 83.6 Å². The molecule has 0 atom stereocenters. The van der Waals surface area contributed by atoms with E-state index in [1.165, 1.54) is 59.5 Å². The minimum absolute atomic E-state index is 0.0190. The first-order valence-corrected chi connectivity index (χ1v) is 13.2. The Balaban J connectivity index is 1.58. The second-order valence-electron chi connectivity index (χ2n) is 8.47. The zero-order valence-corrected chi connectivity index (χ0v) is 20.9. The maximum Gasteiger partial charge on any atom is 0.259 e. The van der Waals surface area contributed by atoms with Crippen molar-refractivity contribution in [2.45, 2.75) is 22.9 Å². The first-order chi connectivity index (χ1) is 17.8. The largest absolute Gasteiger partial charge is 0.348 e. The van der Waals surface area contributed by atoms with Gasteiger partial charge in [0.1, 0.15) is 5.82 Å². The number of anilines is 1. The molecule has 186 valence electrons. The number of carbonyl (C=O) groups is 2. The van der Waals surface area contributed by atoms with E-state index in [4.69, 9.17) is 11.6 Å². The lowest BCUT2D eigenvalue weighted by atomic mass is 10.1. The second kappa shape index (κ2) is 9.80. The van der Waals surface area contributed by atoms with Crippen LogP contribution in [0.15, 0.2) is 101 Å². The van der Waals surface area contributed by atoms with Crippen LogP contribution in [0.1, 0.15) is 31.8 Å². The number of hydrogen-bond acceptors (Lipinski definition) is 4. The predicted octanol–water partition coefficient (Wildman–Crippen LogP) is 5.40. The van der Waals surface area contributed by atoms with Gasteiger partial charge in [0.25, 0.3) is 11.8 Å². The molecule has 2 amide bonds. The number of hydrogen-bond donors (Lipinski definition) is 1. The van der Waals surface area contributed by atoms with Gasteiger partial charge in [0.15, 0.2) is 0 Å². The molecule has 0 fully saturated rings. The lowest BCUT2D eigenvalue weighted by Crippen LogP contribution is -2.31. The fraction of sp³-hybridized carbons (Fsp3) is 0.0714. The molecule has 1 aliphatic rings. The molecular formula is C28H20ClFN2O4S. The highest BCUT2D eigenvalue weighted by Gasteiger charge is 2.36. The van der Waals surface area contributed by atoms with Crippen molar-refractivity contribution in [2.75, 3.05) is 4.90 Å². The van der Waals surface area contributed by atoms with Crippen molar-refractivity contribution < 1.29 is 22.4 Å². The molecule has 1 heterocycles. The molecule has 4 aromatic rings. The molecule has 37 heavy (non-hydrogen) atoms. The molecule has 4 aromatic carbocycles. The number of rotatable bonds is 5. The summed E-state index contributed by atoms with van der Waals surface area (Å²) in [6, 6.07) is 22.8. The van der Waals surface area contributed by atoms with Crippen LogP contribution in [0.25, 0.3) is 0 Å². The van der Waals surface area contributed by atoms with Crippen LogP contribution in [0.2, 0.25) is 5.02 Å². The third-order valence-electron chi connectivity index (χ3n) is 6.10. The van der Waals surface area contributed by atoms with Gasteiger partial charge in [-0.2, -0.15) is 0 Å². The Kier molecular flexibility index (Phi) is 6.54. The van der Waals surface area contributed by atoms with Gasteiger partial charge in [-0.3, -0.25) is 9.59 Å². The van der Waals surface area contributed by atoms with Gasteiger partial charge in [0, 0.05) is 17.1 Å². The molecule has 0 aromatic heterocycles. The van der Waals surface area contributed by atoms with Crippen LogP contribution in [0.4, 0.5) is 10.1 Å². The third-order valence-corrected chi connectivity index (χ3v) is 8.33. The molecule has 0 bridgehead atoms. The van der Waals surface area contributed by atoms with Gasteiger partial charge < -0.3 is 10.2 Å². The lowest BCUT2D eigenvalue weighted by Gasteiger charge is -2.23. The van der Waals surface area contributed by atoms with Crippen LogP contribution < -0.4 is 10.2 Å². The Morgan fingerprint density at radius 1 is 0.892 bits per heavy atom. The van der Waals surface area contributed by atoms with Gasteiger partial charge in [-0.05, 0) is 59.7 Å². The Labute approximate surface area is 218 Å². The molecular weight excluding hydrogens is 515 g/mol. The highest BCUT2D eigenvalue weighted by Crippen LogP contribution is 2.38. The number of carbonyl (C=O) groups excluding carboxylic acids is 2. The zero-order valence-electron chi connectivity index (χ0n) is 19.3. The summed E-state index contributed by atoms with van der Waals surface area (Å²) in [5.41, 5.74) is 1.56. The Bertz CT molecular complexity index is 1640. The van der Waals surface area contributed by atoms with Crippen LogP contribution in [0, 0.1) is 5.82 Å². The minimum atomic E-state index is -4.08. The number of halogens is 2. The van der Waals surface area contributed by atoms with E-state index in [-0.39, 0.29) is 39.7 Å². The first kappa shape index (κ1) is 24.7. The number of nitrogens with one attached hydrogen (secondary N) is 1. The zero-order chi connectivity index (χ0) is 26.2. The highest BCUT2D eigenvalue weighted by atomic mass is 35.5. The summed E-state index contributed by atoms with van der Waals surface area (Å²) in [6.45, 7) is 0.137. The molecule has 1 aliphatic heterocycles. The Morgan fingerprint density at radius 2 is 1.59 bits per heavy atom. The molecule has 6 nitrogen and oxygen atoms in total. The average molecular weight is 535 g/mol. The molecule has 0 radical (unpaired) electrons. The average Bonchev–Trinajstić information content (AvgIpc) is 2.97. The molecule has 0 aliphatic carbocycles. The van der Waals surface area contributed by atoms with Crippen molar-refractivity contribution in [1.82, 2.24) is 5.32 Å². The normalized spacial score (nSPS) is 13.9. The summed E-state index contributed by atoms with van der Waals surface area (Å²) in [5, 5.41) is 3.28. The standard InChI is InChI=1S/C28H20ClFN2O4S/c29-23-7-3-1-5-20(23)16-31-27(33)19-11-14-26-24(15-19)32(17-18-9-12-21(30)13-10-18)28(34)22-6-2-4-8-25(22)37(26,35)36/h1-15H,16-17H2,(H,31,33).